The van der Waals surface area contributed by atoms with Gasteiger partial charge in [0, 0.05) is 2710 Å². The van der Waals surface area contributed by atoms with E-state index in [4.69, 9.17) is 0 Å². The van der Waals surface area contributed by atoms with Crippen molar-refractivity contribution in [1.29, 1.82) is 0 Å². The molecule has 0 aromatic carbocycles. The first-order valence-corrected chi connectivity index (χ1v) is 0. The fourth-order valence-corrected chi connectivity index (χ4v) is 0. The van der Waals surface area contributed by atoms with E-state index in [9.17, 15) is 0 Å². The molecule has 0 bridgehead atoms. The minimum atomic E-state index is 0. The molecule has 76 heavy (non-hydrogen) atoms. The number of hydrogen-bond donors (Lipinski definition) is 0. The van der Waals surface area contributed by atoms with Gasteiger partial charge in [-0.2, -0.15) is 0 Å². The molecule has 0 aliphatic rings. The Morgan fingerprint density at radius 1 is 0.0132 bits per heavy atom. The van der Waals surface area contributed by atoms with Gasteiger partial charge in [-0.25, -0.2) is 0 Å². The Balaban J connectivity index is 0. The summed E-state index contributed by atoms with van der Waals surface area (Å²) in [7, 11) is 0. The van der Waals surface area contributed by atoms with Crippen LogP contribution in [0.2, 0.25) is 0 Å². The van der Waals surface area contributed by atoms with Gasteiger partial charge in [-0.3, -0.25) is 0 Å². The third-order valence-electron chi connectivity index (χ3n) is 0. The molecule has 0 unspecified atom stereocenters. The fraction of sp³-hybridized carbons (Fsp3) is 0. The first-order chi connectivity index (χ1) is 0. The summed E-state index contributed by atoms with van der Waals surface area (Å²) in [5.74, 6) is 0. The molecule has 0 heterocycles. The van der Waals surface area contributed by atoms with Crippen LogP contribution >= 0.6 is 0 Å². The molecular formula is La76. The first kappa shape index (κ1) is 556. The normalized spacial score (nSPS) is 0. The fourth-order valence-electron chi connectivity index (χ4n) is 0. The minimum absolute atomic E-state index is 0. The molecule has 76 radical (unpaired) electrons. The average molecular weight is 10600 g/mol. The Bertz CT molecular complexity index is 0. The minimum Gasteiger partial charge on any atom is 0 e. The molecule has 76 heteroatoms. The van der Waals surface area contributed by atoms with E-state index in [-0.39, 0.29) is 2710 Å². The summed E-state index contributed by atoms with van der Waals surface area (Å²) in [4.78, 5) is 0. The maximum Gasteiger partial charge on any atom is 0 e. The standard InChI is InChI=1S/76La. The quantitative estimate of drug-likeness (QED) is 0.321. The zero-order chi connectivity index (χ0) is 0. The van der Waals surface area contributed by atoms with Gasteiger partial charge in [-0.1, -0.05) is 0 Å². The molecule has 0 saturated heterocycles. The van der Waals surface area contributed by atoms with E-state index >= 15 is 0 Å². The molecule has 228 valence electrons. The molecule has 0 N–H and O–H groups in total. The smallest absolute Gasteiger partial charge is 0 e. The number of rotatable bonds is 0. The molecule has 0 aromatic rings. The van der Waals surface area contributed by atoms with Crippen LogP contribution in [0.25, 0.3) is 0 Å². The molecule has 0 spiro atoms. The zero-order valence-electron chi connectivity index (χ0n) is 43.9. The Labute approximate surface area is 2590 Å². The molecule has 0 aliphatic heterocycles. The molecule has 0 amide bonds. The van der Waals surface area contributed by atoms with Crippen molar-refractivity contribution in [3.05, 3.63) is 0 Å². The number of hydrogen-bond acceptors (Lipinski definition) is 0. The van der Waals surface area contributed by atoms with Crippen molar-refractivity contribution >= 4 is 0 Å². The summed E-state index contributed by atoms with van der Waals surface area (Å²) in [6.07, 6.45) is 0. The third kappa shape index (κ3) is 536. The van der Waals surface area contributed by atoms with Crippen LogP contribution in [0.3, 0.4) is 0 Å². The second-order valence-electron chi connectivity index (χ2n) is 0. The van der Waals surface area contributed by atoms with Gasteiger partial charge in [0.25, 0.3) is 0 Å². The van der Waals surface area contributed by atoms with Crippen LogP contribution in [0.4, 0.5) is 0 Å². The zero-order valence-corrected chi connectivity index (χ0v) is 319. The van der Waals surface area contributed by atoms with Gasteiger partial charge in [-0.05, 0) is 0 Å². The summed E-state index contributed by atoms with van der Waals surface area (Å²) in [6, 6.07) is 0. The van der Waals surface area contributed by atoms with Crippen LogP contribution in [0.1, 0.15) is 0 Å². The van der Waals surface area contributed by atoms with Gasteiger partial charge in [-0.15, -0.1) is 0 Å². The topological polar surface area (TPSA) is 0 Å². The Morgan fingerprint density at radius 2 is 0.0132 bits per heavy atom. The van der Waals surface area contributed by atoms with Gasteiger partial charge in [0.15, 0.2) is 0 Å². The molecule has 0 rings (SSSR count). The Morgan fingerprint density at radius 3 is 0.0132 bits per heavy atom. The molecular weight excluding hydrogens is 10600 g/mol. The summed E-state index contributed by atoms with van der Waals surface area (Å²) >= 11 is 0. The SMILES string of the molecule is [La].[La].[La].[La].[La].[La].[La].[La].[La].[La].[La].[La].[La].[La].[La].[La].[La].[La].[La].[La].[La].[La].[La].[La].[La].[La].[La].[La].[La].[La].[La].[La].[La].[La].[La].[La].[La].[La].[La].[La].[La].[La].[La].[La].[La].[La].[La].[La].[La].[La].[La].[La].[La].[La].[La].[La].[La].[La].[La].[La].[La].[La].[La].[La].[La].[La].[La].[La].[La].[La].[La].[La].[La].[La].[La].[La]. The maximum absolute atomic E-state index is 0. The first-order valence-electron chi connectivity index (χ1n) is 0. The second kappa shape index (κ2) is 546. The van der Waals surface area contributed by atoms with Gasteiger partial charge in [0.05, 0.1) is 0 Å². The van der Waals surface area contributed by atoms with Crippen molar-refractivity contribution in [1.82, 2.24) is 0 Å². The van der Waals surface area contributed by atoms with Gasteiger partial charge in [0.2, 0.25) is 0 Å². The van der Waals surface area contributed by atoms with Gasteiger partial charge < -0.3 is 0 Å². The van der Waals surface area contributed by atoms with E-state index < -0.39 is 0 Å². The van der Waals surface area contributed by atoms with Crippen LogP contribution < -0.4 is 0 Å². The summed E-state index contributed by atoms with van der Waals surface area (Å²) < 4.78 is 0. The molecule has 0 fully saturated rings. The van der Waals surface area contributed by atoms with Gasteiger partial charge in [0.1, 0.15) is 0 Å². The van der Waals surface area contributed by atoms with Crippen molar-refractivity contribution in [3.8, 4) is 0 Å². The third-order valence-corrected chi connectivity index (χ3v) is 0. The monoisotopic (exact) mass is 10600 g/mol. The summed E-state index contributed by atoms with van der Waals surface area (Å²) in [5.41, 5.74) is 0. The molecule has 0 nitrogen and oxygen atoms in total. The predicted octanol–water partition coefficient (Wildman–Crippen LogP) is 0. The van der Waals surface area contributed by atoms with Crippen molar-refractivity contribution < 1.29 is 2710 Å². The Hall–Kier alpha value is 90.8. The van der Waals surface area contributed by atoms with Crippen LogP contribution in [0.15, 0.2) is 0 Å². The molecule has 0 saturated carbocycles. The molecule has 0 aromatic heterocycles. The van der Waals surface area contributed by atoms with E-state index in [1.54, 1.807) is 0 Å². The second-order valence-corrected chi connectivity index (χ2v) is 0. The van der Waals surface area contributed by atoms with Crippen LogP contribution in [0, 0.1) is 2710 Å². The summed E-state index contributed by atoms with van der Waals surface area (Å²) in [5, 5.41) is 0. The van der Waals surface area contributed by atoms with Crippen LogP contribution in [-0.4, -0.2) is 0 Å². The van der Waals surface area contributed by atoms with Crippen molar-refractivity contribution in [2.45, 2.75) is 0 Å². The predicted molar refractivity (Wildman–Crippen MR) is 0 cm³/mol. The summed E-state index contributed by atoms with van der Waals surface area (Å²) in [6.45, 7) is 0. The van der Waals surface area contributed by atoms with E-state index in [0.29, 0.717) is 0 Å². The Kier molecular flexibility index (Phi) is 4000. The van der Waals surface area contributed by atoms with E-state index in [2.05, 4.69) is 0 Å². The van der Waals surface area contributed by atoms with Crippen molar-refractivity contribution in [3.63, 3.8) is 0 Å². The van der Waals surface area contributed by atoms with Gasteiger partial charge >= 0.3 is 0 Å². The molecule has 0 aliphatic carbocycles. The van der Waals surface area contributed by atoms with Crippen molar-refractivity contribution in [2.24, 2.45) is 0 Å². The largest absolute Gasteiger partial charge is 0 e. The maximum atomic E-state index is 0. The van der Waals surface area contributed by atoms with Crippen molar-refractivity contribution in [2.75, 3.05) is 0 Å². The van der Waals surface area contributed by atoms with E-state index in [1.807, 2.05) is 0 Å². The molecule has 0 atom stereocenters. The van der Waals surface area contributed by atoms with E-state index in [1.165, 1.54) is 0 Å². The average Bonchev–Trinajstić information content (AvgIpc) is 0. The van der Waals surface area contributed by atoms with Crippen LogP contribution in [-0.2, 0) is 0 Å². The van der Waals surface area contributed by atoms with E-state index in [0.717, 1.165) is 0 Å². The van der Waals surface area contributed by atoms with Crippen LogP contribution in [0.5, 0.6) is 0 Å².